The first-order valence-corrected chi connectivity index (χ1v) is 10.4. The summed E-state index contributed by atoms with van der Waals surface area (Å²) in [5.74, 6) is -0.309. The molecule has 2 rings (SSSR count). The molecule has 1 atom stereocenters. The van der Waals surface area contributed by atoms with Gasteiger partial charge in [0.15, 0.2) is 0 Å². The third-order valence-corrected chi connectivity index (χ3v) is 9.39. The van der Waals surface area contributed by atoms with Gasteiger partial charge in [0.05, 0.1) is 5.54 Å². The van der Waals surface area contributed by atoms with Crippen molar-refractivity contribution in [3.63, 3.8) is 0 Å². The molecule has 0 spiro atoms. The fourth-order valence-electron chi connectivity index (χ4n) is 3.19. The van der Waals surface area contributed by atoms with Crippen LogP contribution in [0.3, 0.4) is 0 Å². The number of carbonyl (C=O) groups is 1. The van der Waals surface area contributed by atoms with Gasteiger partial charge in [0.1, 0.15) is 8.07 Å². The van der Waals surface area contributed by atoms with Gasteiger partial charge in [0, 0.05) is 0 Å². The van der Waals surface area contributed by atoms with Crippen molar-refractivity contribution in [2.75, 3.05) is 0 Å². The van der Waals surface area contributed by atoms with Crippen LogP contribution in [0.5, 0.6) is 0 Å². The van der Waals surface area contributed by atoms with Gasteiger partial charge in [-0.25, -0.2) is 0 Å². The van der Waals surface area contributed by atoms with Crippen LogP contribution < -0.4 is 10.4 Å². The van der Waals surface area contributed by atoms with E-state index in [9.17, 15) is 9.90 Å². The lowest BCUT2D eigenvalue weighted by Gasteiger charge is -2.35. The Labute approximate surface area is 133 Å². The molecule has 22 heavy (non-hydrogen) atoms. The van der Waals surface area contributed by atoms with Crippen LogP contribution in [-0.2, 0) is 4.79 Å². The highest BCUT2D eigenvalue weighted by Crippen LogP contribution is 2.29. The van der Waals surface area contributed by atoms with Crippen molar-refractivity contribution in [2.45, 2.75) is 32.4 Å². The van der Waals surface area contributed by atoms with E-state index in [2.05, 4.69) is 44.7 Å². The lowest BCUT2D eigenvalue weighted by molar-refractivity contribution is -0.137. The van der Waals surface area contributed by atoms with Crippen molar-refractivity contribution < 1.29 is 9.90 Å². The van der Waals surface area contributed by atoms with Crippen LogP contribution >= 0.6 is 0 Å². The monoisotopic (exact) mass is 312 g/mol. The van der Waals surface area contributed by atoms with E-state index in [4.69, 9.17) is 0 Å². The molecule has 2 nitrogen and oxygen atoms in total. The Morgan fingerprint density at radius 1 is 0.955 bits per heavy atom. The summed E-state index contributed by atoms with van der Waals surface area (Å²) in [6.45, 7) is 6.39. The smallest absolute Gasteiger partial charge is 0.304 e. The first kappa shape index (κ1) is 16.5. The molecule has 1 N–H and O–H groups in total. The second kappa shape index (κ2) is 6.92. The zero-order valence-corrected chi connectivity index (χ0v) is 14.5. The van der Waals surface area contributed by atoms with Crippen LogP contribution in [0.2, 0.25) is 12.1 Å². The Morgan fingerprint density at radius 3 is 1.68 bits per heavy atom. The van der Waals surface area contributed by atoms with Crippen molar-refractivity contribution in [1.29, 1.82) is 0 Å². The van der Waals surface area contributed by atoms with Crippen molar-refractivity contribution in [2.24, 2.45) is 5.92 Å². The highest BCUT2D eigenvalue weighted by atomic mass is 28.3. The van der Waals surface area contributed by atoms with Gasteiger partial charge in [0.2, 0.25) is 0 Å². The average molecular weight is 312 g/mol. The summed E-state index contributed by atoms with van der Waals surface area (Å²) < 4.78 is 0. The summed E-state index contributed by atoms with van der Waals surface area (Å²) in [5.41, 5.74) is -0.322. The molecule has 0 saturated carbocycles. The molecule has 0 aliphatic rings. The van der Waals surface area contributed by atoms with E-state index >= 15 is 0 Å². The highest BCUT2D eigenvalue weighted by Gasteiger charge is 2.44. The number of carboxylic acids is 1. The van der Waals surface area contributed by atoms with Crippen LogP contribution in [0.4, 0.5) is 0 Å². The van der Waals surface area contributed by atoms with Crippen LogP contribution in [0.25, 0.3) is 0 Å². The molecular weight excluding hydrogens is 288 g/mol. The van der Waals surface area contributed by atoms with Gasteiger partial charge >= 0.3 is 5.97 Å². The normalized spacial score (nSPS) is 13.1. The Hall–Kier alpha value is -1.87. The number of aliphatic carboxylic acids is 1. The molecular formula is C19H24O2Si. The molecule has 0 aliphatic carbocycles. The second-order valence-corrected chi connectivity index (χ2v) is 10.7. The minimum atomic E-state index is -2.36. The summed E-state index contributed by atoms with van der Waals surface area (Å²) in [6, 6.07) is 20.4. The van der Waals surface area contributed by atoms with Crippen molar-refractivity contribution in [3.8, 4) is 0 Å². The fourth-order valence-corrected chi connectivity index (χ4v) is 7.54. The molecule has 2 aromatic carbocycles. The first-order valence-electron chi connectivity index (χ1n) is 7.80. The van der Waals surface area contributed by atoms with E-state index in [1.54, 1.807) is 0 Å². The SMILES string of the molecule is CC(C)CC(C(=O)O)[Si](C)(c1ccccc1)c1ccccc1. The minimum Gasteiger partial charge on any atom is -0.481 e. The van der Waals surface area contributed by atoms with Gasteiger partial charge in [0.25, 0.3) is 0 Å². The maximum absolute atomic E-state index is 12.1. The summed E-state index contributed by atoms with van der Waals surface area (Å²) in [5, 5.41) is 12.3. The summed E-state index contributed by atoms with van der Waals surface area (Å²) in [6.07, 6.45) is 0.710. The molecule has 0 heterocycles. The van der Waals surface area contributed by atoms with E-state index < -0.39 is 14.0 Å². The van der Waals surface area contributed by atoms with Gasteiger partial charge in [-0.05, 0) is 12.3 Å². The molecule has 0 amide bonds. The molecule has 3 heteroatoms. The van der Waals surface area contributed by atoms with Gasteiger partial charge in [-0.3, -0.25) is 4.79 Å². The third-order valence-electron chi connectivity index (χ3n) is 4.45. The fraction of sp³-hybridized carbons (Fsp3) is 0.316. The molecule has 2 aromatic rings. The Bertz CT molecular complexity index is 568. The highest BCUT2D eigenvalue weighted by molar-refractivity contribution is 7.04. The Morgan fingerprint density at radius 2 is 1.36 bits per heavy atom. The molecule has 0 bridgehead atoms. The van der Waals surface area contributed by atoms with E-state index in [1.165, 1.54) is 10.4 Å². The predicted octanol–water partition coefficient (Wildman–Crippen LogP) is 3.38. The summed E-state index contributed by atoms with van der Waals surface area (Å²) in [4.78, 5) is 12.1. The minimum absolute atomic E-state index is 0.322. The number of hydrogen-bond donors (Lipinski definition) is 1. The Balaban J connectivity index is 2.61. The summed E-state index contributed by atoms with van der Waals surface area (Å²) in [7, 11) is -2.36. The maximum atomic E-state index is 12.1. The van der Waals surface area contributed by atoms with Gasteiger partial charge in [-0.2, -0.15) is 0 Å². The van der Waals surface area contributed by atoms with Crippen LogP contribution in [0.1, 0.15) is 20.3 Å². The van der Waals surface area contributed by atoms with Crippen LogP contribution in [0.15, 0.2) is 60.7 Å². The van der Waals surface area contributed by atoms with Crippen molar-refractivity contribution >= 4 is 24.4 Å². The second-order valence-electron chi connectivity index (χ2n) is 6.45. The van der Waals surface area contributed by atoms with E-state index in [-0.39, 0.29) is 5.54 Å². The number of hydrogen-bond acceptors (Lipinski definition) is 1. The zero-order chi connectivity index (χ0) is 16.2. The molecule has 0 fully saturated rings. The van der Waals surface area contributed by atoms with Crippen molar-refractivity contribution in [3.05, 3.63) is 60.7 Å². The van der Waals surface area contributed by atoms with Gasteiger partial charge < -0.3 is 5.11 Å². The number of rotatable bonds is 6. The molecule has 0 saturated heterocycles. The summed E-state index contributed by atoms with van der Waals surface area (Å²) >= 11 is 0. The van der Waals surface area contributed by atoms with Gasteiger partial charge in [-0.15, -0.1) is 0 Å². The Kier molecular flexibility index (Phi) is 5.19. The van der Waals surface area contributed by atoms with E-state index in [0.717, 1.165) is 0 Å². The molecule has 0 aromatic heterocycles. The number of carboxylic acid groups (broad SMARTS) is 1. The molecule has 0 aliphatic heterocycles. The van der Waals surface area contributed by atoms with Crippen LogP contribution in [0, 0.1) is 5.92 Å². The topological polar surface area (TPSA) is 37.3 Å². The largest absolute Gasteiger partial charge is 0.481 e. The third kappa shape index (κ3) is 3.30. The first-order chi connectivity index (χ1) is 10.5. The van der Waals surface area contributed by atoms with Crippen molar-refractivity contribution in [1.82, 2.24) is 0 Å². The lowest BCUT2D eigenvalue weighted by Crippen LogP contribution is -2.61. The molecule has 1 unspecified atom stereocenters. The maximum Gasteiger partial charge on any atom is 0.304 e. The number of benzene rings is 2. The average Bonchev–Trinajstić information content (AvgIpc) is 2.53. The van der Waals surface area contributed by atoms with E-state index in [1.807, 2.05) is 36.4 Å². The quantitative estimate of drug-likeness (QED) is 0.830. The standard InChI is InChI=1S/C19H24O2Si/c1-15(2)14-18(19(20)21)22(3,16-10-6-4-7-11-16)17-12-8-5-9-13-17/h4-13,15,18H,14H2,1-3H3,(H,20,21). The van der Waals surface area contributed by atoms with E-state index in [0.29, 0.717) is 12.3 Å². The molecule has 116 valence electrons. The lowest BCUT2D eigenvalue weighted by atomic mass is 10.1. The van der Waals surface area contributed by atoms with Gasteiger partial charge in [-0.1, -0.05) is 91.4 Å². The molecule has 0 radical (unpaired) electrons. The predicted molar refractivity (Wildman–Crippen MR) is 94.6 cm³/mol. The van der Waals surface area contributed by atoms with Crippen LogP contribution in [-0.4, -0.2) is 19.1 Å². The zero-order valence-electron chi connectivity index (χ0n) is 13.5.